The van der Waals surface area contributed by atoms with Crippen LogP contribution in [-0.2, 0) is 11.2 Å². The lowest BCUT2D eigenvalue weighted by molar-refractivity contribution is -0.139. The van der Waals surface area contributed by atoms with Crippen LogP contribution in [0.4, 0.5) is 10.1 Å². The second kappa shape index (κ2) is 6.02. The number of carboxylic acids is 1. The van der Waals surface area contributed by atoms with E-state index in [1.807, 2.05) is 13.0 Å². The van der Waals surface area contributed by atoms with Crippen molar-refractivity contribution in [2.45, 2.75) is 25.8 Å². The number of carbonyl (C=O) groups is 1. The molecule has 0 spiro atoms. The fourth-order valence-corrected chi connectivity index (χ4v) is 2.50. The molecule has 1 unspecified atom stereocenters. The zero-order chi connectivity index (χ0) is 13.8. The van der Waals surface area contributed by atoms with Gasteiger partial charge in [0.25, 0.3) is 0 Å². The SMILES string of the molecule is CCNC(CCN1CCc2ccc(F)cc21)C(=O)O. The maximum Gasteiger partial charge on any atom is 0.320 e. The van der Waals surface area contributed by atoms with Gasteiger partial charge in [0.15, 0.2) is 0 Å². The molecule has 1 atom stereocenters. The van der Waals surface area contributed by atoms with Gasteiger partial charge in [-0.05, 0) is 37.1 Å². The molecule has 104 valence electrons. The molecular formula is C14H19FN2O2. The van der Waals surface area contributed by atoms with Crippen molar-refractivity contribution in [1.82, 2.24) is 5.32 Å². The lowest BCUT2D eigenvalue weighted by Crippen LogP contribution is -2.39. The number of hydrogen-bond acceptors (Lipinski definition) is 3. The van der Waals surface area contributed by atoms with Crippen molar-refractivity contribution in [3.8, 4) is 0 Å². The molecular weight excluding hydrogens is 247 g/mol. The Kier molecular flexibility index (Phi) is 4.37. The van der Waals surface area contributed by atoms with E-state index in [9.17, 15) is 9.18 Å². The van der Waals surface area contributed by atoms with E-state index < -0.39 is 12.0 Å². The van der Waals surface area contributed by atoms with Crippen LogP contribution in [0.5, 0.6) is 0 Å². The Morgan fingerprint density at radius 1 is 1.58 bits per heavy atom. The molecule has 4 nitrogen and oxygen atoms in total. The number of rotatable bonds is 6. The predicted molar refractivity (Wildman–Crippen MR) is 72.0 cm³/mol. The van der Waals surface area contributed by atoms with Crippen LogP contribution >= 0.6 is 0 Å². The van der Waals surface area contributed by atoms with Gasteiger partial charge in [-0.1, -0.05) is 13.0 Å². The number of benzene rings is 1. The average molecular weight is 266 g/mol. The summed E-state index contributed by atoms with van der Waals surface area (Å²) in [4.78, 5) is 13.1. The highest BCUT2D eigenvalue weighted by molar-refractivity contribution is 5.73. The van der Waals surface area contributed by atoms with Gasteiger partial charge in [0.05, 0.1) is 0 Å². The van der Waals surface area contributed by atoms with E-state index in [2.05, 4.69) is 10.2 Å². The Labute approximate surface area is 112 Å². The topological polar surface area (TPSA) is 52.6 Å². The molecule has 2 N–H and O–H groups in total. The van der Waals surface area contributed by atoms with Crippen molar-refractivity contribution in [3.05, 3.63) is 29.6 Å². The molecule has 2 rings (SSSR count). The maximum atomic E-state index is 13.2. The number of nitrogens with one attached hydrogen (secondary N) is 1. The summed E-state index contributed by atoms with van der Waals surface area (Å²) >= 11 is 0. The summed E-state index contributed by atoms with van der Waals surface area (Å²) in [6, 6.07) is 4.28. The minimum Gasteiger partial charge on any atom is -0.480 e. The molecule has 0 aromatic heterocycles. The van der Waals surface area contributed by atoms with Crippen molar-refractivity contribution in [2.24, 2.45) is 0 Å². The molecule has 0 saturated heterocycles. The standard InChI is InChI=1S/C14H19FN2O2/c1-2-16-12(14(18)19)6-8-17-7-5-10-3-4-11(15)9-13(10)17/h3-4,9,12,16H,2,5-8H2,1H3,(H,18,19). The van der Waals surface area contributed by atoms with Gasteiger partial charge in [-0.15, -0.1) is 0 Å². The molecule has 1 heterocycles. The molecule has 0 fully saturated rings. The Morgan fingerprint density at radius 2 is 2.37 bits per heavy atom. The Hall–Kier alpha value is -1.62. The maximum absolute atomic E-state index is 13.2. The minimum atomic E-state index is -0.833. The summed E-state index contributed by atoms with van der Waals surface area (Å²) in [5.74, 6) is -1.08. The number of fused-ring (bicyclic) bond motifs is 1. The first-order valence-corrected chi connectivity index (χ1v) is 6.61. The zero-order valence-electron chi connectivity index (χ0n) is 11.0. The van der Waals surface area contributed by atoms with Crippen molar-refractivity contribution in [1.29, 1.82) is 0 Å². The van der Waals surface area contributed by atoms with E-state index in [4.69, 9.17) is 5.11 Å². The smallest absolute Gasteiger partial charge is 0.320 e. The molecule has 0 radical (unpaired) electrons. The van der Waals surface area contributed by atoms with Gasteiger partial charge in [-0.2, -0.15) is 0 Å². The van der Waals surface area contributed by atoms with Crippen LogP contribution in [0.3, 0.4) is 0 Å². The van der Waals surface area contributed by atoms with Crippen LogP contribution in [0, 0.1) is 5.82 Å². The molecule has 0 saturated carbocycles. The lowest BCUT2D eigenvalue weighted by Gasteiger charge is -2.22. The number of halogens is 1. The van der Waals surface area contributed by atoms with Crippen molar-refractivity contribution < 1.29 is 14.3 Å². The van der Waals surface area contributed by atoms with Crippen LogP contribution in [0.25, 0.3) is 0 Å². The van der Waals surface area contributed by atoms with Gasteiger partial charge >= 0.3 is 5.97 Å². The number of anilines is 1. The molecule has 0 aliphatic carbocycles. The number of carboxylic acid groups (broad SMARTS) is 1. The van der Waals surface area contributed by atoms with Crippen molar-refractivity contribution in [3.63, 3.8) is 0 Å². The summed E-state index contributed by atoms with van der Waals surface area (Å²) in [5.41, 5.74) is 2.04. The second-order valence-corrected chi connectivity index (χ2v) is 4.75. The zero-order valence-corrected chi connectivity index (χ0v) is 11.0. The van der Waals surface area contributed by atoms with Gasteiger partial charge < -0.3 is 15.3 Å². The van der Waals surface area contributed by atoms with Crippen LogP contribution < -0.4 is 10.2 Å². The predicted octanol–water partition coefficient (Wildman–Crippen LogP) is 1.64. The van der Waals surface area contributed by atoms with E-state index in [0.29, 0.717) is 19.5 Å². The van der Waals surface area contributed by atoms with Crippen LogP contribution in [0.1, 0.15) is 18.9 Å². The molecule has 0 amide bonds. The van der Waals surface area contributed by atoms with Crippen molar-refractivity contribution >= 4 is 11.7 Å². The first-order chi connectivity index (χ1) is 9.11. The number of hydrogen-bond donors (Lipinski definition) is 2. The van der Waals surface area contributed by atoms with Gasteiger partial charge in [0, 0.05) is 18.8 Å². The molecule has 0 bridgehead atoms. The van der Waals surface area contributed by atoms with Crippen LogP contribution in [0.15, 0.2) is 18.2 Å². The van der Waals surface area contributed by atoms with E-state index in [0.717, 1.165) is 24.2 Å². The Bertz CT molecular complexity index is 465. The van der Waals surface area contributed by atoms with Gasteiger partial charge in [-0.25, -0.2) is 4.39 Å². The number of aliphatic carboxylic acids is 1. The molecule has 1 aliphatic heterocycles. The quantitative estimate of drug-likeness (QED) is 0.822. The molecule has 1 aromatic carbocycles. The summed E-state index contributed by atoms with van der Waals surface area (Å²) < 4.78 is 13.2. The molecule has 1 aromatic rings. The molecule has 1 aliphatic rings. The fourth-order valence-electron chi connectivity index (χ4n) is 2.50. The van der Waals surface area contributed by atoms with Gasteiger partial charge in [0.2, 0.25) is 0 Å². The van der Waals surface area contributed by atoms with E-state index in [1.165, 1.54) is 12.1 Å². The third kappa shape index (κ3) is 3.23. The summed E-state index contributed by atoms with van der Waals surface area (Å²) in [6.07, 6.45) is 1.41. The largest absolute Gasteiger partial charge is 0.480 e. The third-order valence-electron chi connectivity index (χ3n) is 3.48. The highest BCUT2D eigenvalue weighted by Crippen LogP contribution is 2.28. The molecule has 5 heteroatoms. The second-order valence-electron chi connectivity index (χ2n) is 4.75. The first-order valence-electron chi connectivity index (χ1n) is 6.61. The van der Waals surface area contributed by atoms with E-state index >= 15 is 0 Å². The molecule has 19 heavy (non-hydrogen) atoms. The normalized spacial score (nSPS) is 15.4. The van der Waals surface area contributed by atoms with Crippen molar-refractivity contribution in [2.75, 3.05) is 24.5 Å². The number of likely N-dealkylation sites (N-methyl/N-ethyl adjacent to an activating group) is 1. The highest BCUT2D eigenvalue weighted by Gasteiger charge is 2.22. The lowest BCUT2D eigenvalue weighted by atomic mass is 10.1. The first kappa shape index (κ1) is 13.8. The van der Waals surface area contributed by atoms with Gasteiger partial charge in [-0.3, -0.25) is 4.79 Å². The summed E-state index contributed by atoms with van der Waals surface area (Å²) in [5, 5.41) is 12.0. The van der Waals surface area contributed by atoms with Gasteiger partial charge in [0.1, 0.15) is 11.9 Å². The van der Waals surface area contributed by atoms with E-state index in [-0.39, 0.29) is 5.82 Å². The average Bonchev–Trinajstić information content (AvgIpc) is 2.76. The minimum absolute atomic E-state index is 0.243. The highest BCUT2D eigenvalue weighted by atomic mass is 19.1. The Balaban J connectivity index is 1.98. The van der Waals surface area contributed by atoms with Crippen LogP contribution in [-0.4, -0.2) is 36.8 Å². The number of nitrogens with zero attached hydrogens (tertiary/aromatic N) is 1. The van der Waals surface area contributed by atoms with E-state index in [1.54, 1.807) is 0 Å². The Morgan fingerprint density at radius 3 is 3.05 bits per heavy atom. The third-order valence-corrected chi connectivity index (χ3v) is 3.48. The fraction of sp³-hybridized carbons (Fsp3) is 0.500. The van der Waals surface area contributed by atoms with Crippen LogP contribution in [0.2, 0.25) is 0 Å². The monoisotopic (exact) mass is 266 g/mol. The summed E-state index contributed by atoms with van der Waals surface area (Å²) in [6.45, 7) is 3.97. The summed E-state index contributed by atoms with van der Waals surface area (Å²) in [7, 11) is 0.